The summed E-state index contributed by atoms with van der Waals surface area (Å²) in [5.74, 6) is -0.193. The molecule has 1 fully saturated rings. The molecule has 0 saturated carbocycles. The van der Waals surface area contributed by atoms with E-state index in [0.717, 1.165) is 6.20 Å². The van der Waals surface area contributed by atoms with Crippen molar-refractivity contribution in [3.8, 4) is 0 Å². The van der Waals surface area contributed by atoms with E-state index in [1.54, 1.807) is 0 Å². The molecular weight excluding hydrogens is 212 g/mol. The molecule has 0 spiro atoms. The minimum atomic E-state index is -0.556. The number of anilines is 1. The molecule has 1 amide bonds. The van der Waals surface area contributed by atoms with Gasteiger partial charge in [0, 0.05) is 25.2 Å². The van der Waals surface area contributed by atoms with E-state index in [9.17, 15) is 14.9 Å². The second-order valence-electron chi connectivity index (χ2n) is 3.59. The number of rotatable bonds is 2. The van der Waals surface area contributed by atoms with Gasteiger partial charge in [0.15, 0.2) is 0 Å². The molecule has 2 rings (SSSR count). The first-order valence-electron chi connectivity index (χ1n) is 4.74. The predicted molar refractivity (Wildman–Crippen MR) is 55.8 cm³/mol. The largest absolute Gasteiger partial charge is 0.326 e. The fraction of sp³-hybridized carbons (Fsp3) is 0.333. The third kappa shape index (κ3) is 1.72. The van der Waals surface area contributed by atoms with Crippen LogP contribution < -0.4 is 10.6 Å². The number of nitrogens with zero attached hydrogens (tertiary/aromatic N) is 3. The quantitative estimate of drug-likeness (QED) is 0.562. The normalized spacial score (nSPS) is 20.2. The Kier molecular flexibility index (Phi) is 2.53. The molecule has 0 bridgehead atoms. The Morgan fingerprint density at radius 3 is 2.94 bits per heavy atom. The summed E-state index contributed by atoms with van der Waals surface area (Å²) < 4.78 is 0. The molecule has 2 N–H and O–H groups in total. The molecule has 1 unspecified atom stereocenters. The Hall–Kier alpha value is -2.02. The van der Waals surface area contributed by atoms with Crippen molar-refractivity contribution in [2.45, 2.75) is 12.5 Å². The van der Waals surface area contributed by atoms with E-state index in [1.807, 2.05) is 0 Å². The van der Waals surface area contributed by atoms with Crippen molar-refractivity contribution in [2.75, 3.05) is 11.4 Å². The summed E-state index contributed by atoms with van der Waals surface area (Å²) in [6, 6.07) is 1.19. The van der Waals surface area contributed by atoms with Crippen molar-refractivity contribution in [2.24, 2.45) is 5.73 Å². The van der Waals surface area contributed by atoms with E-state index < -0.39 is 4.92 Å². The number of amides is 1. The second kappa shape index (κ2) is 3.86. The molecular formula is C9H10N4O3. The number of nitro groups is 1. The predicted octanol–water partition coefficient (Wildman–Crippen LogP) is 0.0538. The molecule has 16 heavy (non-hydrogen) atoms. The highest BCUT2D eigenvalue weighted by atomic mass is 16.6. The summed E-state index contributed by atoms with van der Waals surface area (Å²) in [7, 11) is 0. The second-order valence-corrected chi connectivity index (χ2v) is 3.59. The van der Waals surface area contributed by atoms with Crippen molar-refractivity contribution in [1.82, 2.24) is 4.98 Å². The van der Waals surface area contributed by atoms with Gasteiger partial charge < -0.3 is 10.6 Å². The van der Waals surface area contributed by atoms with Crippen molar-refractivity contribution < 1.29 is 9.72 Å². The summed E-state index contributed by atoms with van der Waals surface area (Å²) in [6.07, 6.45) is 2.77. The van der Waals surface area contributed by atoms with Gasteiger partial charge in [0.25, 0.3) is 0 Å². The van der Waals surface area contributed by atoms with Crippen molar-refractivity contribution in [3.63, 3.8) is 0 Å². The van der Waals surface area contributed by atoms with Crippen LogP contribution in [0.3, 0.4) is 0 Å². The van der Waals surface area contributed by atoms with Crippen LogP contribution in [0.2, 0.25) is 0 Å². The molecule has 7 nitrogen and oxygen atoms in total. The summed E-state index contributed by atoms with van der Waals surface area (Å²) in [5, 5.41) is 10.8. The number of nitrogens with two attached hydrogens (primary N) is 1. The van der Waals surface area contributed by atoms with Gasteiger partial charge in [0.1, 0.15) is 11.9 Å². The Labute approximate surface area is 91.0 Å². The van der Waals surface area contributed by atoms with Gasteiger partial charge in [0.05, 0.1) is 4.92 Å². The zero-order valence-corrected chi connectivity index (χ0v) is 8.37. The fourth-order valence-electron chi connectivity index (χ4n) is 1.72. The monoisotopic (exact) mass is 222 g/mol. The molecule has 0 radical (unpaired) electrons. The number of aromatic nitrogens is 1. The number of carbonyl (C=O) groups excluding carboxylic acids is 1. The minimum absolute atomic E-state index is 0.176. The molecule has 1 aromatic heterocycles. The average Bonchev–Trinajstić information content (AvgIpc) is 2.57. The molecule has 84 valence electrons. The zero-order chi connectivity index (χ0) is 11.7. The molecule has 1 atom stereocenters. The maximum absolute atomic E-state index is 11.6. The van der Waals surface area contributed by atoms with E-state index in [0.29, 0.717) is 6.54 Å². The van der Waals surface area contributed by atoms with Crippen LogP contribution in [0, 0.1) is 10.1 Å². The summed E-state index contributed by atoms with van der Waals surface area (Å²) >= 11 is 0. The smallest absolute Gasteiger partial charge is 0.311 e. The van der Waals surface area contributed by atoms with Gasteiger partial charge >= 0.3 is 5.69 Å². The van der Waals surface area contributed by atoms with Crippen LogP contribution in [0.15, 0.2) is 18.5 Å². The third-order valence-corrected chi connectivity index (χ3v) is 2.42. The van der Waals surface area contributed by atoms with E-state index in [1.165, 1.54) is 17.2 Å². The first-order chi connectivity index (χ1) is 7.59. The van der Waals surface area contributed by atoms with Crippen LogP contribution in [0.1, 0.15) is 6.42 Å². The number of hydrogen-bond donors (Lipinski definition) is 1. The van der Waals surface area contributed by atoms with Gasteiger partial charge in [-0.3, -0.25) is 19.9 Å². The molecule has 0 aromatic carbocycles. The van der Waals surface area contributed by atoms with Gasteiger partial charge in [-0.1, -0.05) is 0 Å². The lowest BCUT2D eigenvalue weighted by atomic mass is 10.3. The molecule has 0 aliphatic carbocycles. The highest BCUT2D eigenvalue weighted by Gasteiger charge is 2.32. The third-order valence-electron chi connectivity index (χ3n) is 2.42. The lowest BCUT2D eigenvalue weighted by Gasteiger charge is -2.15. The van der Waals surface area contributed by atoms with Crippen molar-refractivity contribution >= 4 is 17.3 Å². The first kappa shape index (κ1) is 10.5. The maximum Gasteiger partial charge on any atom is 0.311 e. The highest BCUT2D eigenvalue weighted by molar-refractivity contribution is 5.98. The van der Waals surface area contributed by atoms with Crippen LogP contribution in [-0.4, -0.2) is 28.4 Å². The molecule has 7 heteroatoms. The molecule has 1 aliphatic rings. The number of pyridine rings is 1. The van der Waals surface area contributed by atoms with Crippen LogP contribution in [0.4, 0.5) is 11.4 Å². The Morgan fingerprint density at radius 1 is 1.62 bits per heavy atom. The topological polar surface area (TPSA) is 102 Å². The minimum Gasteiger partial charge on any atom is -0.326 e. The maximum atomic E-state index is 11.6. The lowest BCUT2D eigenvalue weighted by molar-refractivity contribution is -0.384. The fourth-order valence-corrected chi connectivity index (χ4v) is 1.72. The molecule has 1 aliphatic heterocycles. The Bertz CT molecular complexity index is 448. The van der Waals surface area contributed by atoms with E-state index in [2.05, 4.69) is 4.98 Å². The van der Waals surface area contributed by atoms with Crippen LogP contribution in [0.25, 0.3) is 0 Å². The van der Waals surface area contributed by atoms with E-state index >= 15 is 0 Å². The summed E-state index contributed by atoms with van der Waals surface area (Å²) in [4.78, 5) is 26.8. The van der Waals surface area contributed by atoms with Gasteiger partial charge in [-0.25, -0.2) is 0 Å². The molecule has 1 aromatic rings. The van der Waals surface area contributed by atoms with Crippen LogP contribution in [-0.2, 0) is 4.79 Å². The van der Waals surface area contributed by atoms with E-state index in [-0.39, 0.29) is 29.7 Å². The zero-order valence-electron chi connectivity index (χ0n) is 8.37. The SMILES string of the molecule is NC1CC(=O)N(c2ccncc2[N+](=O)[O-])C1. The Balaban J connectivity index is 2.40. The lowest BCUT2D eigenvalue weighted by Crippen LogP contribution is -2.28. The van der Waals surface area contributed by atoms with Gasteiger partial charge in [-0.15, -0.1) is 0 Å². The van der Waals surface area contributed by atoms with Crippen LogP contribution >= 0.6 is 0 Å². The standard InChI is InChI=1S/C9H10N4O3/c10-6-3-9(14)12(5-6)7-1-2-11-4-8(7)13(15)16/h1-2,4,6H,3,5,10H2. The summed E-state index contributed by atoms with van der Waals surface area (Å²) in [5.41, 5.74) is 5.72. The average molecular weight is 222 g/mol. The van der Waals surface area contributed by atoms with Crippen molar-refractivity contribution in [1.29, 1.82) is 0 Å². The number of hydrogen-bond acceptors (Lipinski definition) is 5. The summed E-state index contributed by atoms with van der Waals surface area (Å²) in [6.45, 7) is 0.309. The Morgan fingerprint density at radius 2 is 2.38 bits per heavy atom. The van der Waals surface area contributed by atoms with Gasteiger partial charge in [-0.05, 0) is 6.07 Å². The van der Waals surface area contributed by atoms with Gasteiger partial charge in [0.2, 0.25) is 5.91 Å². The van der Waals surface area contributed by atoms with Crippen molar-refractivity contribution in [3.05, 3.63) is 28.6 Å². The van der Waals surface area contributed by atoms with E-state index in [4.69, 9.17) is 5.73 Å². The van der Waals surface area contributed by atoms with Gasteiger partial charge in [-0.2, -0.15) is 0 Å². The van der Waals surface area contributed by atoms with Crippen LogP contribution in [0.5, 0.6) is 0 Å². The first-order valence-corrected chi connectivity index (χ1v) is 4.74. The highest BCUT2D eigenvalue weighted by Crippen LogP contribution is 2.29. The molecule has 2 heterocycles. The number of carbonyl (C=O) groups is 1. The molecule has 1 saturated heterocycles.